The van der Waals surface area contributed by atoms with Gasteiger partial charge in [0.2, 0.25) is 0 Å². The summed E-state index contributed by atoms with van der Waals surface area (Å²) in [5, 5.41) is 14.0. The number of nitro benzene ring substituents is 1. The van der Waals surface area contributed by atoms with E-state index in [1.165, 1.54) is 6.07 Å². The Morgan fingerprint density at radius 1 is 1.32 bits per heavy atom. The quantitative estimate of drug-likeness (QED) is 0.482. The number of para-hydroxylation sites is 2. The van der Waals surface area contributed by atoms with Crippen molar-refractivity contribution in [3.8, 4) is 0 Å². The van der Waals surface area contributed by atoms with Gasteiger partial charge in [-0.25, -0.2) is 0 Å². The van der Waals surface area contributed by atoms with Gasteiger partial charge in [0.1, 0.15) is 5.69 Å². The molecule has 19 heavy (non-hydrogen) atoms. The van der Waals surface area contributed by atoms with Crippen molar-refractivity contribution in [2.45, 2.75) is 6.42 Å². The second kappa shape index (κ2) is 7.06. The van der Waals surface area contributed by atoms with Crippen molar-refractivity contribution >= 4 is 11.4 Å². The second-order valence-electron chi connectivity index (χ2n) is 4.51. The summed E-state index contributed by atoms with van der Waals surface area (Å²) in [6, 6.07) is 6.74. The van der Waals surface area contributed by atoms with Crippen LogP contribution >= 0.6 is 0 Å². The maximum absolute atomic E-state index is 10.8. The molecular weight excluding hydrogens is 246 g/mol. The number of rotatable bonds is 6. The first kappa shape index (κ1) is 13.8. The fraction of sp³-hybridized carbons (Fsp3) is 0.538. The Morgan fingerprint density at radius 3 is 2.79 bits per heavy atom. The number of hydrogen-bond acceptors (Lipinski definition) is 5. The Labute approximate surface area is 112 Å². The zero-order valence-corrected chi connectivity index (χ0v) is 10.9. The number of benzene rings is 1. The van der Waals surface area contributed by atoms with E-state index in [9.17, 15) is 10.1 Å². The van der Waals surface area contributed by atoms with Crippen molar-refractivity contribution in [1.29, 1.82) is 0 Å². The molecule has 0 radical (unpaired) electrons. The summed E-state index contributed by atoms with van der Waals surface area (Å²) >= 11 is 0. The van der Waals surface area contributed by atoms with E-state index in [1.807, 2.05) is 0 Å². The first-order valence-corrected chi connectivity index (χ1v) is 6.55. The van der Waals surface area contributed by atoms with Crippen LogP contribution in [-0.2, 0) is 4.74 Å². The molecule has 104 valence electrons. The van der Waals surface area contributed by atoms with Gasteiger partial charge < -0.3 is 10.1 Å². The molecule has 0 aromatic heterocycles. The fourth-order valence-electron chi connectivity index (χ4n) is 2.13. The van der Waals surface area contributed by atoms with Crippen LogP contribution in [-0.4, -0.2) is 49.2 Å². The lowest BCUT2D eigenvalue weighted by molar-refractivity contribution is -0.384. The van der Waals surface area contributed by atoms with Crippen molar-refractivity contribution in [3.63, 3.8) is 0 Å². The van der Waals surface area contributed by atoms with Crippen LogP contribution in [0, 0.1) is 10.1 Å². The van der Waals surface area contributed by atoms with Gasteiger partial charge in [0, 0.05) is 25.7 Å². The minimum atomic E-state index is -0.357. The number of hydrogen-bond donors (Lipinski definition) is 1. The van der Waals surface area contributed by atoms with Crippen LogP contribution in [0.5, 0.6) is 0 Å². The average molecular weight is 265 g/mol. The first-order chi connectivity index (χ1) is 9.27. The highest BCUT2D eigenvalue weighted by molar-refractivity contribution is 5.60. The fourth-order valence-corrected chi connectivity index (χ4v) is 2.13. The molecule has 0 unspecified atom stereocenters. The van der Waals surface area contributed by atoms with Crippen LogP contribution in [0.2, 0.25) is 0 Å². The maximum atomic E-state index is 10.8. The van der Waals surface area contributed by atoms with Gasteiger partial charge in [0.25, 0.3) is 5.69 Å². The zero-order chi connectivity index (χ0) is 13.5. The Hall–Kier alpha value is -1.66. The highest BCUT2D eigenvalue weighted by Crippen LogP contribution is 2.22. The lowest BCUT2D eigenvalue weighted by Gasteiger charge is -2.26. The maximum Gasteiger partial charge on any atom is 0.292 e. The van der Waals surface area contributed by atoms with Gasteiger partial charge in [-0.2, -0.15) is 0 Å². The first-order valence-electron chi connectivity index (χ1n) is 6.55. The molecule has 1 saturated heterocycles. The van der Waals surface area contributed by atoms with E-state index in [4.69, 9.17) is 4.74 Å². The molecule has 6 nitrogen and oxygen atoms in total. The van der Waals surface area contributed by atoms with Crippen LogP contribution in [0.4, 0.5) is 11.4 Å². The predicted octanol–water partition coefficient (Wildman–Crippen LogP) is 1.73. The molecule has 1 N–H and O–H groups in total. The molecule has 0 atom stereocenters. The summed E-state index contributed by atoms with van der Waals surface area (Å²) in [4.78, 5) is 12.8. The number of morpholine rings is 1. The molecule has 1 aromatic rings. The highest BCUT2D eigenvalue weighted by atomic mass is 16.6. The monoisotopic (exact) mass is 265 g/mol. The van der Waals surface area contributed by atoms with Crippen molar-refractivity contribution in [3.05, 3.63) is 34.4 Å². The second-order valence-corrected chi connectivity index (χ2v) is 4.51. The minimum absolute atomic E-state index is 0.133. The highest BCUT2D eigenvalue weighted by Gasteiger charge is 2.12. The summed E-state index contributed by atoms with van der Waals surface area (Å²) < 4.78 is 5.29. The third kappa shape index (κ3) is 4.18. The number of nitrogens with one attached hydrogen (secondary N) is 1. The third-order valence-corrected chi connectivity index (χ3v) is 3.17. The SMILES string of the molecule is O=[N+]([O-])c1ccccc1NCCCN1CCOCC1. The number of anilines is 1. The predicted molar refractivity (Wildman–Crippen MR) is 73.5 cm³/mol. The van der Waals surface area contributed by atoms with Gasteiger partial charge in [-0.15, -0.1) is 0 Å². The van der Waals surface area contributed by atoms with Crippen LogP contribution in [0.25, 0.3) is 0 Å². The third-order valence-electron chi connectivity index (χ3n) is 3.17. The summed E-state index contributed by atoms with van der Waals surface area (Å²) in [7, 11) is 0. The molecule has 1 fully saturated rings. The van der Waals surface area contributed by atoms with E-state index < -0.39 is 0 Å². The van der Waals surface area contributed by atoms with Gasteiger partial charge in [0.05, 0.1) is 18.1 Å². The van der Waals surface area contributed by atoms with Crippen molar-refractivity contribution < 1.29 is 9.66 Å². The molecule has 0 saturated carbocycles. The summed E-state index contributed by atoms with van der Waals surface area (Å²) in [5.41, 5.74) is 0.725. The van der Waals surface area contributed by atoms with Gasteiger partial charge in [-0.1, -0.05) is 12.1 Å². The van der Waals surface area contributed by atoms with E-state index in [0.29, 0.717) is 5.69 Å². The summed E-state index contributed by atoms with van der Waals surface area (Å²) in [5.74, 6) is 0. The Balaban J connectivity index is 1.74. The molecule has 0 amide bonds. The Bertz CT molecular complexity index is 419. The molecule has 1 heterocycles. The van der Waals surface area contributed by atoms with E-state index in [0.717, 1.165) is 45.8 Å². The van der Waals surface area contributed by atoms with Crippen molar-refractivity contribution in [2.24, 2.45) is 0 Å². The molecule has 2 rings (SSSR count). The molecule has 0 bridgehead atoms. The van der Waals surface area contributed by atoms with Gasteiger partial charge in [-0.3, -0.25) is 15.0 Å². The van der Waals surface area contributed by atoms with E-state index in [1.54, 1.807) is 18.2 Å². The number of nitro groups is 1. The molecule has 0 spiro atoms. The number of nitrogens with zero attached hydrogens (tertiary/aromatic N) is 2. The van der Waals surface area contributed by atoms with Gasteiger partial charge in [0.15, 0.2) is 0 Å². The summed E-state index contributed by atoms with van der Waals surface area (Å²) in [6.07, 6.45) is 0.964. The molecule has 1 aliphatic rings. The molecular formula is C13H19N3O3. The van der Waals surface area contributed by atoms with Crippen LogP contribution in [0.1, 0.15) is 6.42 Å². The largest absolute Gasteiger partial charge is 0.379 e. The molecule has 6 heteroatoms. The number of ether oxygens (including phenoxy) is 1. The standard InChI is InChI=1S/C13H19N3O3/c17-16(18)13-5-2-1-4-12(13)14-6-3-7-15-8-10-19-11-9-15/h1-2,4-5,14H,3,6-11H2. The van der Waals surface area contributed by atoms with E-state index >= 15 is 0 Å². The lowest BCUT2D eigenvalue weighted by atomic mass is 10.2. The van der Waals surface area contributed by atoms with Gasteiger partial charge in [-0.05, 0) is 19.0 Å². The smallest absolute Gasteiger partial charge is 0.292 e. The van der Waals surface area contributed by atoms with Crippen molar-refractivity contribution in [2.75, 3.05) is 44.7 Å². The van der Waals surface area contributed by atoms with Crippen LogP contribution in [0.3, 0.4) is 0 Å². The molecule has 1 aromatic carbocycles. The Morgan fingerprint density at radius 2 is 2.05 bits per heavy atom. The molecule has 0 aliphatic carbocycles. The van der Waals surface area contributed by atoms with E-state index in [2.05, 4.69) is 10.2 Å². The van der Waals surface area contributed by atoms with Crippen molar-refractivity contribution in [1.82, 2.24) is 4.90 Å². The Kier molecular flexibility index (Phi) is 5.11. The minimum Gasteiger partial charge on any atom is -0.379 e. The van der Waals surface area contributed by atoms with Crippen LogP contribution < -0.4 is 5.32 Å². The normalized spacial score (nSPS) is 16.2. The molecule has 1 aliphatic heterocycles. The average Bonchev–Trinajstić information content (AvgIpc) is 2.45. The lowest BCUT2D eigenvalue weighted by Crippen LogP contribution is -2.37. The van der Waals surface area contributed by atoms with Crippen LogP contribution in [0.15, 0.2) is 24.3 Å². The topological polar surface area (TPSA) is 67.6 Å². The zero-order valence-electron chi connectivity index (χ0n) is 10.9. The summed E-state index contributed by atoms with van der Waals surface area (Å²) in [6.45, 7) is 5.30. The van der Waals surface area contributed by atoms with E-state index in [-0.39, 0.29) is 10.6 Å². The van der Waals surface area contributed by atoms with Gasteiger partial charge >= 0.3 is 0 Å².